The second-order valence-corrected chi connectivity index (χ2v) is 4.36. The minimum Gasteiger partial charge on any atom is -0.345 e. The average molecular weight is 240 g/mol. The third kappa shape index (κ3) is 2.94. The quantitative estimate of drug-likeness (QED) is 0.896. The molecule has 1 atom stereocenters. The predicted molar refractivity (Wildman–Crippen MR) is 71.3 cm³/mol. The lowest BCUT2D eigenvalue weighted by Gasteiger charge is -2.14. The normalized spacial score (nSPS) is 11.9. The van der Waals surface area contributed by atoms with Crippen LogP contribution in [0.3, 0.4) is 0 Å². The Morgan fingerprint density at radius 2 is 1.94 bits per heavy atom. The number of rotatable bonds is 3. The van der Waals surface area contributed by atoms with Gasteiger partial charge in [-0.25, -0.2) is 0 Å². The molecule has 92 valence electrons. The van der Waals surface area contributed by atoms with Gasteiger partial charge >= 0.3 is 0 Å². The molecular weight excluding hydrogens is 224 g/mol. The summed E-state index contributed by atoms with van der Waals surface area (Å²) in [5.41, 5.74) is 2.67. The molecule has 0 fully saturated rings. The number of pyridine rings is 1. The van der Waals surface area contributed by atoms with Crippen LogP contribution < -0.4 is 5.32 Å². The van der Waals surface area contributed by atoms with Crippen molar-refractivity contribution in [2.24, 2.45) is 0 Å². The molecular formula is C15H16N2O. The van der Waals surface area contributed by atoms with Crippen molar-refractivity contribution < 1.29 is 4.79 Å². The van der Waals surface area contributed by atoms with Crippen molar-refractivity contribution in [1.82, 2.24) is 10.3 Å². The summed E-state index contributed by atoms with van der Waals surface area (Å²) in [6.07, 6.45) is 3.32. The first-order valence-electron chi connectivity index (χ1n) is 5.94. The molecule has 1 aromatic heterocycles. The summed E-state index contributed by atoms with van der Waals surface area (Å²) in [6.45, 7) is 3.89. The van der Waals surface area contributed by atoms with Gasteiger partial charge in [0, 0.05) is 12.4 Å². The molecule has 3 heteroatoms. The third-order valence-corrected chi connectivity index (χ3v) is 2.78. The lowest BCUT2D eigenvalue weighted by molar-refractivity contribution is 0.0939. The fourth-order valence-electron chi connectivity index (χ4n) is 1.78. The van der Waals surface area contributed by atoms with Crippen LogP contribution in [0.4, 0.5) is 0 Å². The minimum absolute atomic E-state index is 0.0146. The van der Waals surface area contributed by atoms with Crippen molar-refractivity contribution in [3.63, 3.8) is 0 Å². The van der Waals surface area contributed by atoms with E-state index in [0.29, 0.717) is 5.56 Å². The smallest absolute Gasteiger partial charge is 0.253 e. The molecule has 0 radical (unpaired) electrons. The van der Waals surface area contributed by atoms with Gasteiger partial charge in [-0.05, 0) is 31.0 Å². The van der Waals surface area contributed by atoms with Crippen LogP contribution in [0.15, 0.2) is 48.8 Å². The van der Waals surface area contributed by atoms with E-state index in [2.05, 4.69) is 10.3 Å². The number of amides is 1. The van der Waals surface area contributed by atoms with E-state index in [4.69, 9.17) is 0 Å². The Hall–Kier alpha value is -2.16. The highest BCUT2D eigenvalue weighted by molar-refractivity contribution is 5.94. The third-order valence-electron chi connectivity index (χ3n) is 2.78. The largest absolute Gasteiger partial charge is 0.345 e. The summed E-state index contributed by atoms with van der Waals surface area (Å²) < 4.78 is 0. The highest BCUT2D eigenvalue weighted by atomic mass is 16.1. The number of nitrogens with one attached hydrogen (secondary N) is 1. The molecule has 3 nitrogen and oxygen atoms in total. The van der Waals surface area contributed by atoms with Crippen molar-refractivity contribution in [2.45, 2.75) is 19.9 Å². The molecule has 0 saturated heterocycles. The van der Waals surface area contributed by atoms with Gasteiger partial charge in [0.2, 0.25) is 0 Å². The molecule has 1 amide bonds. The first kappa shape index (κ1) is 12.3. The first-order chi connectivity index (χ1) is 8.66. The lowest BCUT2D eigenvalue weighted by Crippen LogP contribution is -2.26. The van der Waals surface area contributed by atoms with E-state index in [-0.39, 0.29) is 11.9 Å². The molecule has 2 rings (SSSR count). The second-order valence-electron chi connectivity index (χ2n) is 4.36. The Bertz CT molecular complexity index is 537. The van der Waals surface area contributed by atoms with Gasteiger partial charge in [-0.1, -0.05) is 30.3 Å². The van der Waals surface area contributed by atoms with Crippen LogP contribution in [-0.2, 0) is 0 Å². The Morgan fingerprint density at radius 3 is 2.61 bits per heavy atom. The van der Waals surface area contributed by atoms with E-state index in [1.807, 2.05) is 50.2 Å². The Morgan fingerprint density at radius 1 is 1.22 bits per heavy atom. The van der Waals surface area contributed by atoms with Crippen LogP contribution in [0, 0.1) is 6.92 Å². The van der Waals surface area contributed by atoms with Gasteiger partial charge in [0.1, 0.15) is 0 Å². The molecule has 0 spiro atoms. The Labute approximate surface area is 107 Å². The van der Waals surface area contributed by atoms with E-state index in [9.17, 15) is 4.79 Å². The van der Waals surface area contributed by atoms with E-state index >= 15 is 0 Å². The van der Waals surface area contributed by atoms with Crippen LogP contribution in [0.5, 0.6) is 0 Å². The van der Waals surface area contributed by atoms with Crippen LogP contribution in [0.2, 0.25) is 0 Å². The number of carbonyl (C=O) groups excluding carboxylic acids is 1. The summed E-state index contributed by atoms with van der Waals surface area (Å²) in [7, 11) is 0. The molecule has 0 aliphatic heterocycles. The van der Waals surface area contributed by atoms with Crippen LogP contribution in [0.25, 0.3) is 0 Å². The second kappa shape index (κ2) is 5.45. The highest BCUT2D eigenvalue weighted by Crippen LogP contribution is 2.12. The fraction of sp³-hybridized carbons (Fsp3) is 0.200. The van der Waals surface area contributed by atoms with Crippen molar-refractivity contribution in [3.8, 4) is 0 Å². The number of benzene rings is 1. The van der Waals surface area contributed by atoms with E-state index < -0.39 is 0 Å². The van der Waals surface area contributed by atoms with Gasteiger partial charge in [-0.2, -0.15) is 0 Å². The molecule has 0 aliphatic rings. The van der Waals surface area contributed by atoms with Crippen molar-refractivity contribution >= 4 is 5.91 Å². The molecule has 1 aromatic carbocycles. The van der Waals surface area contributed by atoms with Crippen molar-refractivity contribution in [1.29, 1.82) is 0 Å². The van der Waals surface area contributed by atoms with Gasteiger partial charge in [0.25, 0.3) is 5.91 Å². The maximum Gasteiger partial charge on any atom is 0.253 e. The van der Waals surface area contributed by atoms with E-state index in [1.54, 1.807) is 12.4 Å². The summed E-state index contributed by atoms with van der Waals surface area (Å²) in [4.78, 5) is 16.1. The van der Waals surface area contributed by atoms with Gasteiger partial charge in [-0.3, -0.25) is 9.78 Å². The molecule has 0 bridgehead atoms. The molecule has 1 N–H and O–H groups in total. The number of aromatic nitrogens is 1. The average Bonchev–Trinajstić information content (AvgIpc) is 2.39. The van der Waals surface area contributed by atoms with Gasteiger partial charge in [0.15, 0.2) is 0 Å². The number of carbonyl (C=O) groups is 1. The van der Waals surface area contributed by atoms with Crippen LogP contribution in [-0.4, -0.2) is 10.9 Å². The molecule has 0 aliphatic carbocycles. The number of aryl methyl sites for hydroxylation is 1. The Kier molecular flexibility index (Phi) is 3.72. The fourth-order valence-corrected chi connectivity index (χ4v) is 1.78. The molecule has 1 heterocycles. The van der Waals surface area contributed by atoms with E-state index in [1.165, 1.54) is 0 Å². The zero-order chi connectivity index (χ0) is 13.0. The summed E-state index contributed by atoms with van der Waals surface area (Å²) >= 11 is 0. The minimum atomic E-state index is -0.0949. The van der Waals surface area contributed by atoms with E-state index in [0.717, 1.165) is 11.1 Å². The zero-order valence-electron chi connectivity index (χ0n) is 10.6. The molecule has 2 aromatic rings. The standard InChI is InChI=1S/C15H16N2O/c1-11-8-14(10-16-9-11)15(18)17-12(2)13-6-4-3-5-7-13/h3-10,12H,1-2H3,(H,17,18)/t12-/m0/s1. The van der Waals surface area contributed by atoms with Crippen molar-refractivity contribution in [2.75, 3.05) is 0 Å². The summed E-state index contributed by atoms with van der Waals surface area (Å²) in [6, 6.07) is 11.7. The number of hydrogen-bond acceptors (Lipinski definition) is 2. The maximum atomic E-state index is 12.0. The summed E-state index contributed by atoms with van der Waals surface area (Å²) in [5, 5.41) is 2.96. The molecule has 0 unspecified atom stereocenters. The monoisotopic (exact) mass is 240 g/mol. The lowest BCUT2D eigenvalue weighted by atomic mass is 10.1. The highest BCUT2D eigenvalue weighted by Gasteiger charge is 2.11. The zero-order valence-corrected chi connectivity index (χ0v) is 10.6. The predicted octanol–water partition coefficient (Wildman–Crippen LogP) is 2.88. The summed E-state index contributed by atoms with van der Waals surface area (Å²) in [5.74, 6) is -0.0949. The maximum absolute atomic E-state index is 12.0. The number of nitrogens with zero attached hydrogens (tertiary/aromatic N) is 1. The van der Waals surface area contributed by atoms with Crippen LogP contribution >= 0.6 is 0 Å². The molecule has 0 saturated carbocycles. The molecule has 18 heavy (non-hydrogen) atoms. The van der Waals surface area contributed by atoms with Crippen molar-refractivity contribution in [3.05, 3.63) is 65.5 Å². The first-order valence-corrected chi connectivity index (χ1v) is 5.94. The SMILES string of the molecule is Cc1cncc(C(=O)N[C@@H](C)c2ccccc2)c1. The van der Waals surface area contributed by atoms with Gasteiger partial charge < -0.3 is 5.32 Å². The van der Waals surface area contributed by atoms with Gasteiger partial charge in [0.05, 0.1) is 11.6 Å². The Balaban J connectivity index is 2.08. The van der Waals surface area contributed by atoms with Crippen LogP contribution in [0.1, 0.15) is 34.5 Å². The number of hydrogen-bond donors (Lipinski definition) is 1. The topological polar surface area (TPSA) is 42.0 Å². The van der Waals surface area contributed by atoms with Gasteiger partial charge in [-0.15, -0.1) is 0 Å².